The van der Waals surface area contributed by atoms with E-state index in [9.17, 15) is 4.79 Å². The van der Waals surface area contributed by atoms with Gasteiger partial charge in [-0.1, -0.05) is 30.7 Å². The lowest BCUT2D eigenvalue weighted by molar-refractivity contribution is -0.122. The Morgan fingerprint density at radius 1 is 1.24 bits per heavy atom. The van der Waals surface area contributed by atoms with Crippen LogP contribution in [0.3, 0.4) is 0 Å². The fourth-order valence-corrected chi connectivity index (χ4v) is 2.06. The lowest BCUT2D eigenvalue weighted by Crippen LogP contribution is -2.32. The summed E-state index contributed by atoms with van der Waals surface area (Å²) < 4.78 is 5.76. The molecule has 110 valence electrons. The van der Waals surface area contributed by atoms with Crippen LogP contribution >= 0.6 is 11.6 Å². The van der Waals surface area contributed by atoms with Crippen LogP contribution in [0.25, 0.3) is 0 Å². The smallest absolute Gasteiger partial charge is 0.265 e. The summed E-state index contributed by atoms with van der Waals surface area (Å²) in [6.45, 7) is 3.91. The molecule has 0 bridgehead atoms. The first-order valence-electron chi connectivity index (χ1n) is 6.88. The Balaban J connectivity index is 2.03. The Morgan fingerprint density at radius 2 is 1.95 bits per heavy atom. The summed E-state index contributed by atoms with van der Waals surface area (Å²) in [6, 6.07) is 14.7. The van der Waals surface area contributed by atoms with Crippen LogP contribution in [0.15, 0.2) is 48.5 Å². The molecule has 2 rings (SSSR count). The van der Waals surface area contributed by atoms with Crippen LogP contribution in [0.5, 0.6) is 5.75 Å². The Bertz CT molecular complexity index is 610. The normalized spacial score (nSPS) is 11.8. The molecule has 4 heteroatoms. The number of carbonyl (C=O) groups is 1. The van der Waals surface area contributed by atoms with Crippen LogP contribution in [-0.4, -0.2) is 12.0 Å². The number of anilines is 1. The van der Waals surface area contributed by atoms with Gasteiger partial charge in [-0.25, -0.2) is 0 Å². The third-order valence-corrected chi connectivity index (χ3v) is 3.29. The summed E-state index contributed by atoms with van der Waals surface area (Å²) in [5, 5.41) is 3.47. The number of rotatable bonds is 5. The molecule has 0 fully saturated rings. The van der Waals surface area contributed by atoms with E-state index in [0.717, 1.165) is 5.56 Å². The van der Waals surface area contributed by atoms with Gasteiger partial charge in [0.15, 0.2) is 6.10 Å². The highest BCUT2D eigenvalue weighted by atomic mass is 35.5. The number of halogens is 1. The van der Waals surface area contributed by atoms with Gasteiger partial charge in [-0.15, -0.1) is 0 Å². The predicted octanol–water partition coefficient (Wildman–Crippen LogP) is 4.44. The van der Waals surface area contributed by atoms with Crippen LogP contribution in [0.2, 0.25) is 5.02 Å². The minimum atomic E-state index is -0.525. The zero-order valence-corrected chi connectivity index (χ0v) is 12.9. The largest absolute Gasteiger partial charge is 0.481 e. The molecule has 3 nitrogen and oxygen atoms in total. The van der Waals surface area contributed by atoms with Crippen molar-refractivity contribution < 1.29 is 9.53 Å². The Hall–Kier alpha value is -2.00. The summed E-state index contributed by atoms with van der Waals surface area (Å²) >= 11 is 5.82. The number of hydrogen-bond donors (Lipinski definition) is 1. The predicted molar refractivity (Wildman–Crippen MR) is 86.0 cm³/mol. The van der Waals surface area contributed by atoms with Gasteiger partial charge in [0, 0.05) is 10.7 Å². The minimum Gasteiger partial charge on any atom is -0.481 e. The highest BCUT2D eigenvalue weighted by Gasteiger charge is 2.18. The monoisotopic (exact) mass is 303 g/mol. The summed E-state index contributed by atoms with van der Waals surface area (Å²) in [6.07, 6.45) is 0.0652. The molecular weight excluding hydrogens is 286 g/mol. The number of ether oxygens (including phenoxy) is 1. The number of amides is 1. The first-order valence-corrected chi connectivity index (χ1v) is 7.26. The molecule has 0 heterocycles. The maximum Gasteiger partial charge on any atom is 0.265 e. The Morgan fingerprint density at radius 3 is 2.57 bits per heavy atom. The van der Waals surface area contributed by atoms with Gasteiger partial charge in [-0.2, -0.15) is 0 Å². The number of benzene rings is 2. The van der Waals surface area contributed by atoms with Gasteiger partial charge in [0.1, 0.15) is 5.75 Å². The summed E-state index contributed by atoms with van der Waals surface area (Å²) in [5.41, 5.74) is 1.80. The molecule has 0 saturated carbocycles. The van der Waals surface area contributed by atoms with Crippen molar-refractivity contribution in [2.75, 3.05) is 5.32 Å². The Labute approximate surface area is 129 Å². The van der Waals surface area contributed by atoms with Gasteiger partial charge in [0.25, 0.3) is 5.91 Å². The van der Waals surface area contributed by atoms with Crippen molar-refractivity contribution in [3.63, 3.8) is 0 Å². The zero-order chi connectivity index (χ0) is 15.2. The van der Waals surface area contributed by atoms with Crippen LogP contribution < -0.4 is 10.1 Å². The van der Waals surface area contributed by atoms with E-state index in [2.05, 4.69) is 5.32 Å². The van der Waals surface area contributed by atoms with E-state index in [4.69, 9.17) is 16.3 Å². The molecule has 0 radical (unpaired) electrons. The molecule has 0 aliphatic carbocycles. The van der Waals surface area contributed by atoms with E-state index in [1.165, 1.54) is 0 Å². The van der Waals surface area contributed by atoms with Crippen LogP contribution in [0.4, 0.5) is 5.69 Å². The maximum absolute atomic E-state index is 12.2. The second kappa shape index (κ2) is 7.14. The first-order chi connectivity index (χ1) is 10.1. The molecule has 2 aromatic carbocycles. The van der Waals surface area contributed by atoms with E-state index in [1.807, 2.05) is 38.1 Å². The molecule has 1 atom stereocenters. The van der Waals surface area contributed by atoms with Crippen molar-refractivity contribution in [3.05, 3.63) is 59.1 Å². The Kier molecular flexibility index (Phi) is 5.23. The van der Waals surface area contributed by atoms with Crippen molar-refractivity contribution in [3.8, 4) is 5.75 Å². The van der Waals surface area contributed by atoms with Crippen molar-refractivity contribution in [2.24, 2.45) is 0 Å². The van der Waals surface area contributed by atoms with E-state index < -0.39 is 6.10 Å². The molecule has 0 spiro atoms. The van der Waals surface area contributed by atoms with Gasteiger partial charge in [-0.3, -0.25) is 4.79 Å². The highest BCUT2D eigenvalue weighted by Crippen LogP contribution is 2.17. The summed E-state index contributed by atoms with van der Waals surface area (Å²) in [4.78, 5) is 12.2. The van der Waals surface area contributed by atoms with E-state index in [1.54, 1.807) is 24.3 Å². The van der Waals surface area contributed by atoms with Crippen molar-refractivity contribution in [1.29, 1.82) is 0 Å². The van der Waals surface area contributed by atoms with E-state index in [0.29, 0.717) is 22.9 Å². The molecule has 1 amide bonds. The maximum atomic E-state index is 12.2. The standard InChI is InChI=1S/C17H18ClNO2/c1-3-16(21-15-6-4-5-12(2)11-15)17(20)19-14-9-7-13(18)8-10-14/h4-11,16H,3H2,1-2H3,(H,19,20)/t16-/m0/s1. The number of aryl methyl sites for hydroxylation is 1. The van der Waals surface area contributed by atoms with Crippen LogP contribution in [0.1, 0.15) is 18.9 Å². The topological polar surface area (TPSA) is 38.3 Å². The number of carbonyl (C=O) groups excluding carboxylic acids is 1. The molecule has 0 aromatic heterocycles. The molecular formula is C17H18ClNO2. The van der Waals surface area contributed by atoms with Gasteiger partial charge in [-0.05, 0) is 55.3 Å². The molecule has 2 aromatic rings. The van der Waals surface area contributed by atoms with Crippen molar-refractivity contribution in [2.45, 2.75) is 26.4 Å². The lowest BCUT2D eigenvalue weighted by Gasteiger charge is -2.17. The fraction of sp³-hybridized carbons (Fsp3) is 0.235. The van der Waals surface area contributed by atoms with Crippen molar-refractivity contribution >= 4 is 23.2 Å². The number of hydrogen-bond acceptors (Lipinski definition) is 2. The molecule has 1 N–H and O–H groups in total. The van der Waals surface area contributed by atoms with Crippen molar-refractivity contribution in [1.82, 2.24) is 0 Å². The second-order valence-electron chi connectivity index (χ2n) is 4.83. The lowest BCUT2D eigenvalue weighted by atomic mass is 10.2. The average molecular weight is 304 g/mol. The summed E-state index contributed by atoms with van der Waals surface area (Å²) in [5.74, 6) is 0.537. The van der Waals surface area contributed by atoms with Gasteiger partial charge < -0.3 is 10.1 Å². The minimum absolute atomic E-state index is 0.165. The zero-order valence-electron chi connectivity index (χ0n) is 12.1. The van der Waals surface area contributed by atoms with Crippen LogP contribution in [-0.2, 0) is 4.79 Å². The van der Waals surface area contributed by atoms with Gasteiger partial charge in [0.2, 0.25) is 0 Å². The third-order valence-electron chi connectivity index (χ3n) is 3.04. The molecule has 0 saturated heterocycles. The average Bonchev–Trinajstić information content (AvgIpc) is 2.47. The molecule has 0 aliphatic heterocycles. The molecule has 21 heavy (non-hydrogen) atoms. The van der Waals surface area contributed by atoms with E-state index in [-0.39, 0.29) is 5.91 Å². The first kappa shape index (κ1) is 15.4. The van der Waals surface area contributed by atoms with Gasteiger partial charge >= 0.3 is 0 Å². The molecule has 0 unspecified atom stereocenters. The van der Waals surface area contributed by atoms with Crippen LogP contribution in [0, 0.1) is 6.92 Å². The molecule has 0 aliphatic rings. The quantitative estimate of drug-likeness (QED) is 0.886. The SMILES string of the molecule is CC[C@H](Oc1cccc(C)c1)C(=O)Nc1ccc(Cl)cc1. The number of nitrogens with one attached hydrogen (secondary N) is 1. The third kappa shape index (κ3) is 4.50. The van der Waals surface area contributed by atoms with Gasteiger partial charge in [0.05, 0.1) is 0 Å². The van der Waals surface area contributed by atoms with E-state index >= 15 is 0 Å². The fourth-order valence-electron chi connectivity index (χ4n) is 1.93. The highest BCUT2D eigenvalue weighted by molar-refractivity contribution is 6.30. The summed E-state index contributed by atoms with van der Waals surface area (Å²) in [7, 11) is 0. The second-order valence-corrected chi connectivity index (χ2v) is 5.26.